The van der Waals surface area contributed by atoms with E-state index in [1.807, 2.05) is 18.0 Å². The van der Waals surface area contributed by atoms with E-state index in [1.165, 1.54) is 11.4 Å². The molecule has 0 saturated carbocycles. The van der Waals surface area contributed by atoms with Crippen LogP contribution in [0.1, 0.15) is 37.3 Å². The van der Waals surface area contributed by atoms with Gasteiger partial charge in [0.1, 0.15) is 5.82 Å². The molecule has 1 fully saturated rings. The number of rotatable bonds is 2. The van der Waals surface area contributed by atoms with Gasteiger partial charge in [-0.1, -0.05) is 13.8 Å². The predicted octanol–water partition coefficient (Wildman–Crippen LogP) is 1.91. The molecule has 1 saturated heterocycles. The second-order valence-electron chi connectivity index (χ2n) is 3.96. The monoisotopic (exact) mass is 211 g/mol. The highest BCUT2D eigenvalue weighted by Crippen LogP contribution is 2.21. The van der Waals surface area contributed by atoms with Crippen molar-refractivity contribution >= 4 is 11.8 Å². The minimum Gasteiger partial charge on any atom is -0.344 e. The topological polar surface area (TPSA) is 40.7 Å². The van der Waals surface area contributed by atoms with Crippen LogP contribution in [0, 0.1) is 0 Å². The number of H-pyrrole nitrogens is 1. The molecule has 0 spiro atoms. The van der Waals surface area contributed by atoms with Crippen molar-refractivity contribution in [1.82, 2.24) is 15.3 Å². The molecule has 1 aliphatic heterocycles. The van der Waals surface area contributed by atoms with Gasteiger partial charge in [-0.05, 0) is 5.92 Å². The van der Waals surface area contributed by atoms with Crippen LogP contribution in [0.4, 0.5) is 0 Å². The molecule has 3 nitrogen and oxygen atoms in total. The van der Waals surface area contributed by atoms with Gasteiger partial charge < -0.3 is 10.3 Å². The molecule has 14 heavy (non-hydrogen) atoms. The number of nitrogens with one attached hydrogen (secondary N) is 2. The van der Waals surface area contributed by atoms with E-state index < -0.39 is 0 Å². The molecule has 1 aromatic rings. The maximum Gasteiger partial charge on any atom is 0.124 e. The van der Waals surface area contributed by atoms with Gasteiger partial charge in [0.05, 0.1) is 6.04 Å². The van der Waals surface area contributed by atoms with Gasteiger partial charge in [-0.3, -0.25) is 0 Å². The first-order chi connectivity index (χ1) is 6.77. The molecule has 1 aromatic heterocycles. The van der Waals surface area contributed by atoms with E-state index in [4.69, 9.17) is 0 Å². The van der Waals surface area contributed by atoms with Crippen molar-refractivity contribution in [3.05, 3.63) is 17.7 Å². The van der Waals surface area contributed by atoms with Gasteiger partial charge in [0, 0.05) is 29.9 Å². The number of aromatic amines is 1. The van der Waals surface area contributed by atoms with Crippen LogP contribution in [0.15, 0.2) is 6.20 Å². The molecular formula is C10H17N3S. The third-order valence-electron chi connectivity index (χ3n) is 2.49. The maximum atomic E-state index is 4.43. The van der Waals surface area contributed by atoms with Crippen LogP contribution in [0.3, 0.4) is 0 Å². The fraction of sp³-hybridized carbons (Fsp3) is 0.700. The molecule has 0 amide bonds. The van der Waals surface area contributed by atoms with Crippen LogP contribution in [-0.4, -0.2) is 28.0 Å². The molecule has 2 N–H and O–H groups in total. The molecule has 0 radical (unpaired) electrons. The highest BCUT2D eigenvalue weighted by atomic mass is 32.2. The van der Waals surface area contributed by atoms with Crippen LogP contribution in [-0.2, 0) is 0 Å². The number of aromatic nitrogens is 2. The lowest BCUT2D eigenvalue weighted by atomic mass is 10.2. The van der Waals surface area contributed by atoms with Gasteiger partial charge in [0.25, 0.3) is 0 Å². The quantitative estimate of drug-likeness (QED) is 0.785. The zero-order valence-electron chi connectivity index (χ0n) is 8.71. The Morgan fingerprint density at radius 2 is 2.43 bits per heavy atom. The van der Waals surface area contributed by atoms with Crippen molar-refractivity contribution in [2.45, 2.75) is 25.8 Å². The average molecular weight is 211 g/mol. The molecule has 4 heteroatoms. The molecule has 1 atom stereocenters. The summed E-state index contributed by atoms with van der Waals surface area (Å²) in [6.45, 7) is 5.45. The van der Waals surface area contributed by atoms with E-state index >= 15 is 0 Å². The summed E-state index contributed by atoms with van der Waals surface area (Å²) in [7, 11) is 0. The number of nitrogens with zero attached hydrogens (tertiary/aromatic N) is 1. The van der Waals surface area contributed by atoms with Crippen LogP contribution >= 0.6 is 11.8 Å². The molecule has 1 unspecified atom stereocenters. The summed E-state index contributed by atoms with van der Waals surface area (Å²) < 4.78 is 0. The lowest BCUT2D eigenvalue weighted by Gasteiger charge is -2.21. The van der Waals surface area contributed by atoms with Crippen molar-refractivity contribution in [2.24, 2.45) is 0 Å². The molecule has 0 aromatic carbocycles. The third kappa shape index (κ3) is 2.12. The normalized spacial score (nSPS) is 22.9. The SMILES string of the molecule is CC(C)c1cnc(C2CSCCN2)[nH]1. The van der Waals surface area contributed by atoms with Gasteiger partial charge in [-0.15, -0.1) is 0 Å². The van der Waals surface area contributed by atoms with Crippen LogP contribution in [0.5, 0.6) is 0 Å². The lowest BCUT2D eigenvalue weighted by molar-refractivity contribution is 0.567. The van der Waals surface area contributed by atoms with E-state index in [0.717, 1.165) is 18.1 Å². The van der Waals surface area contributed by atoms with Gasteiger partial charge in [0.2, 0.25) is 0 Å². The van der Waals surface area contributed by atoms with Crippen LogP contribution in [0.2, 0.25) is 0 Å². The highest BCUT2D eigenvalue weighted by Gasteiger charge is 2.18. The van der Waals surface area contributed by atoms with Crippen molar-refractivity contribution in [1.29, 1.82) is 0 Å². The Bertz CT molecular complexity index is 289. The van der Waals surface area contributed by atoms with Crippen LogP contribution in [0.25, 0.3) is 0 Å². The zero-order chi connectivity index (χ0) is 9.97. The molecule has 2 rings (SSSR count). The fourth-order valence-corrected chi connectivity index (χ4v) is 2.50. The maximum absolute atomic E-state index is 4.43. The smallest absolute Gasteiger partial charge is 0.124 e. The van der Waals surface area contributed by atoms with E-state index in [-0.39, 0.29) is 0 Å². The first kappa shape index (κ1) is 10.1. The first-order valence-electron chi connectivity index (χ1n) is 5.13. The van der Waals surface area contributed by atoms with Gasteiger partial charge in [0.15, 0.2) is 0 Å². The predicted molar refractivity (Wildman–Crippen MR) is 60.7 cm³/mol. The van der Waals surface area contributed by atoms with Crippen molar-refractivity contribution in [3.8, 4) is 0 Å². The van der Waals surface area contributed by atoms with E-state index in [0.29, 0.717) is 12.0 Å². The Morgan fingerprint density at radius 1 is 1.57 bits per heavy atom. The molecule has 1 aliphatic rings. The summed E-state index contributed by atoms with van der Waals surface area (Å²) in [6.07, 6.45) is 1.96. The average Bonchev–Trinajstić information content (AvgIpc) is 2.68. The third-order valence-corrected chi connectivity index (χ3v) is 3.55. The second kappa shape index (κ2) is 4.36. The standard InChI is InChI=1S/C10H17N3S/c1-7(2)8-5-12-10(13-8)9-6-14-4-3-11-9/h5,7,9,11H,3-4,6H2,1-2H3,(H,12,13). The fourth-order valence-electron chi connectivity index (χ4n) is 1.56. The summed E-state index contributed by atoms with van der Waals surface area (Å²) in [5, 5.41) is 3.47. The van der Waals surface area contributed by atoms with Crippen molar-refractivity contribution in [3.63, 3.8) is 0 Å². The summed E-state index contributed by atoms with van der Waals surface area (Å²) in [5.74, 6) is 3.98. The molecule has 2 heterocycles. The highest BCUT2D eigenvalue weighted by molar-refractivity contribution is 7.99. The molecule has 0 aliphatic carbocycles. The van der Waals surface area contributed by atoms with Gasteiger partial charge in [-0.2, -0.15) is 11.8 Å². The summed E-state index contributed by atoms with van der Waals surface area (Å²) >= 11 is 1.99. The Labute approximate surface area is 89.1 Å². The van der Waals surface area contributed by atoms with E-state index in [9.17, 15) is 0 Å². The summed E-state index contributed by atoms with van der Waals surface area (Å²) in [4.78, 5) is 7.83. The first-order valence-corrected chi connectivity index (χ1v) is 6.29. The molecule has 0 bridgehead atoms. The summed E-state index contributed by atoms with van der Waals surface area (Å²) in [5.41, 5.74) is 1.23. The minimum atomic E-state index is 0.418. The van der Waals surface area contributed by atoms with Crippen molar-refractivity contribution < 1.29 is 0 Å². The van der Waals surface area contributed by atoms with Crippen LogP contribution < -0.4 is 5.32 Å². The Morgan fingerprint density at radius 3 is 3.00 bits per heavy atom. The Hall–Kier alpha value is -0.480. The van der Waals surface area contributed by atoms with Gasteiger partial charge >= 0.3 is 0 Å². The molecular weight excluding hydrogens is 194 g/mol. The zero-order valence-corrected chi connectivity index (χ0v) is 9.53. The minimum absolute atomic E-state index is 0.418. The number of hydrogen-bond acceptors (Lipinski definition) is 3. The molecule has 78 valence electrons. The number of hydrogen-bond donors (Lipinski definition) is 2. The Balaban J connectivity index is 2.07. The van der Waals surface area contributed by atoms with E-state index in [1.54, 1.807) is 0 Å². The van der Waals surface area contributed by atoms with Gasteiger partial charge in [-0.25, -0.2) is 4.98 Å². The summed E-state index contributed by atoms with van der Waals surface area (Å²) in [6, 6.07) is 0.418. The largest absolute Gasteiger partial charge is 0.344 e. The number of imidazole rings is 1. The second-order valence-corrected chi connectivity index (χ2v) is 5.11. The lowest BCUT2D eigenvalue weighted by Crippen LogP contribution is -2.31. The van der Waals surface area contributed by atoms with Crippen molar-refractivity contribution in [2.75, 3.05) is 18.1 Å². The van der Waals surface area contributed by atoms with E-state index in [2.05, 4.69) is 29.1 Å². The Kier molecular flexibility index (Phi) is 3.13. The number of thioether (sulfide) groups is 1.